The molecule has 0 unspecified atom stereocenters. The Balaban J connectivity index is 0.000000218. The molecular weight excluding hydrogens is 167 g/mol. The molecule has 0 aromatic rings. The van der Waals surface area contributed by atoms with E-state index >= 15 is 0 Å². The molecule has 5 nitrogen and oxygen atoms in total. The Labute approximate surface area is 67.0 Å². The lowest BCUT2D eigenvalue weighted by molar-refractivity contribution is 0.291. The molecule has 0 aromatic heterocycles. The molecule has 0 aliphatic carbocycles. The molecule has 68 valence electrons. The molecule has 11 heavy (non-hydrogen) atoms. The third-order valence-corrected chi connectivity index (χ3v) is 1.34. The predicted octanol–water partition coefficient (Wildman–Crippen LogP) is -1.12. The lowest BCUT2D eigenvalue weighted by Crippen LogP contribution is -2.40. The average Bonchev–Trinajstić information content (AvgIpc) is 1.87. The molecule has 1 heterocycles. The van der Waals surface area contributed by atoms with Gasteiger partial charge < -0.3 is 20.0 Å². The molecule has 6 heteroatoms. The highest BCUT2D eigenvalue weighted by Crippen LogP contribution is 1.98. The summed E-state index contributed by atoms with van der Waals surface area (Å²) in [6.07, 6.45) is 0. The van der Waals surface area contributed by atoms with Gasteiger partial charge in [0, 0.05) is 26.2 Å². The van der Waals surface area contributed by atoms with Crippen LogP contribution in [0.2, 0.25) is 0 Å². The molecule has 0 amide bonds. The van der Waals surface area contributed by atoms with E-state index in [1.165, 1.54) is 13.1 Å². The fourth-order valence-electron chi connectivity index (χ4n) is 0.777. The van der Waals surface area contributed by atoms with Crippen LogP contribution in [0, 0.1) is 0 Å². The Hall–Kier alpha value is 0.0700. The number of piperazine rings is 1. The molecule has 0 radical (unpaired) electrons. The lowest BCUT2D eigenvalue weighted by Gasteiger charge is -2.21. The molecule has 0 aromatic carbocycles. The first-order chi connectivity index (χ1) is 5.13. The fourth-order valence-corrected chi connectivity index (χ4v) is 0.777. The summed E-state index contributed by atoms with van der Waals surface area (Å²) in [5.41, 5.74) is 0. The maximum atomic E-state index is 8.74. The van der Waals surface area contributed by atoms with Crippen LogP contribution in [0.1, 0.15) is 0 Å². The molecule has 0 atom stereocenters. The molecular formula is C5H15N2O3P. The van der Waals surface area contributed by atoms with E-state index in [0.717, 1.165) is 13.1 Å². The van der Waals surface area contributed by atoms with Gasteiger partial charge >= 0.3 is 8.25 Å². The highest BCUT2D eigenvalue weighted by Gasteiger charge is 2.01. The SMILES string of the molecule is CN1CCNCC1.O=[PH](O)O. The van der Waals surface area contributed by atoms with Gasteiger partial charge in [0.2, 0.25) is 0 Å². The Morgan fingerprint density at radius 2 is 1.73 bits per heavy atom. The second-order valence-corrected chi connectivity index (χ2v) is 2.90. The van der Waals surface area contributed by atoms with Crippen LogP contribution >= 0.6 is 8.25 Å². The quantitative estimate of drug-likeness (QED) is 0.414. The van der Waals surface area contributed by atoms with Crippen molar-refractivity contribution in [3.8, 4) is 0 Å². The van der Waals surface area contributed by atoms with Crippen molar-refractivity contribution in [3.05, 3.63) is 0 Å². The molecule has 1 fully saturated rings. The van der Waals surface area contributed by atoms with Crippen LogP contribution in [-0.4, -0.2) is 47.9 Å². The summed E-state index contributed by atoms with van der Waals surface area (Å²) in [5, 5.41) is 3.27. The van der Waals surface area contributed by atoms with Crippen LogP contribution in [0.5, 0.6) is 0 Å². The van der Waals surface area contributed by atoms with Gasteiger partial charge in [-0.25, -0.2) is 0 Å². The van der Waals surface area contributed by atoms with Crippen LogP contribution in [0.4, 0.5) is 0 Å². The first-order valence-corrected chi connectivity index (χ1v) is 4.74. The van der Waals surface area contributed by atoms with Gasteiger partial charge in [0.15, 0.2) is 0 Å². The summed E-state index contributed by atoms with van der Waals surface area (Å²) < 4.78 is 8.74. The van der Waals surface area contributed by atoms with Gasteiger partial charge in [-0.05, 0) is 7.05 Å². The highest BCUT2D eigenvalue weighted by molar-refractivity contribution is 7.30. The first-order valence-electron chi connectivity index (χ1n) is 3.44. The van der Waals surface area contributed by atoms with Gasteiger partial charge in [-0.1, -0.05) is 0 Å². The molecule has 1 saturated heterocycles. The molecule has 1 rings (SSSR count). The summed E-state index contributed by atoms with van der Waals surface area (Å²) in [6, 6.07) is 0. The van der Waals surface area contributed by atoms with Crippen LogP contribution in [0.15, 0.2) is 0 Å². The maximum absolute atomic E-state index is 8.74. The summed E-state index contributed by atoms with van der Waals surface area (Å²) in [5.74, 6) is 0. The van der Waals surface area contributed by atoms with E-state index in [2.05, 4.69) is 17.3 Å². The largest absolute Gasteiger partial charge is 0.326 e. The topological polar surface area (TPSA) is 72.8 Å². The average molecular weight is 182 g/mol. The lowest BCUT2D eigenvalue weighted by atomic mass is 10.4. The van der Waals surface area contributed by atoms with Gasteiger partial charge in [0.1, 0.15) is 0 Å². The van der Waals surface area contributed by atoms with Crippen molar-refractivity contribution < 1.29 is 14.4 Å². The van der Waals surface area contributed by atoms with Crippen molar-refractivity contribution in [2.45, 2.75) is 0 Å². The van der Waals surface area contributed by atoms with Crippen molar-refractivity contribution >= 4 is 8.25 Å². The zero-order valence-electron chi connectivity index (χ0n) is 6.58. The van der Waals surface area contributed by atoms with Crippen molar-refractivity contribution in [1.82, 2.24) is 10.2 Å². The van der Waals surface area contributed by atoms with E-state index in [4.69, 9.17) is 14.4 Å². The highest BCUT2D eigenvalue weighted by atomic mass is 31.1. The van der Waals surface area contributed by atoms with Crippen LogP contribution in [0.25, 0.3) is 0 Å². The number of likely N-dealkylation sites (N-methyl/N-ethyl adjacent to an activating group) is 1. The minimum absolute atomic E-state index is 1.16. The fraction of sp³-hybridized carbons (Fsp3) is 1.00. The third kappa shape index (κ3) is 10.1. The normalized spacial score (nSPS) is 19.3. The summed E-state index contributed by atoms with van der Waals surface area (Å²) in [7, 11) is -0.976. The van der Waals surface area contributed by atoms with E-state index in [-0.39, 0.29) is 0 Å². The molecule has 0 bridgehead atoms. The van der Waals surface area contributed by atoms with E-state index < -0.39 is 8.25 Å². The Morgan fingerprint density at radius 1 is 1.36 bits per heavy atom. The van der Waals surface area contributed by atoms with Crippen molar-refractivity contribution in [1.29, 1.82) is 0 Å². The van der Waals surface area contributed by atoms with E-state index in [9.17, 15) is 0 Å². The van der Waals surface area contributed by atoms with Crippen molar-refractivity contribution in [3.63, 3.8) is 0 Å². The summed E-state index contributed by atoms with van der Waals surface area (Å²) >= 11 is 0. The second kappa shape index (κ2) is 6.76. The maximum Gasteiger partial charge on any atom is 0.314 e. The van der Waals surface area contributed by atoms with Crippen LogP contribution < -0.4 is 5.32 Å². The first kappa shape index (κ1) is 11.1. The minimum atomic E-state index is -3.13. The summed E-state index contributed by atoms with van der Waals surface area (Å²) in [4.78, 5) is 16.6. The predicted molar refractivity (Wildman–Crippen MR) is 43.8 cm³/mol. The smallest absolute Gasteiger partial charge is 0.314 e. The van der Waals surface area contributed by atoms with Crippen molar-refractivity contribution in [2.24, 2.45) is 0 Å². The molecule has 0 saturated carbocycles. The Morgan fingerprint density at radius 3 is 1.91 bits per heavy atom. The summed E-state index contributed by atoms with van der Waals surface area (Å²) in [6.45, 7) is 4.74. The Kier molecular flexibility index (Phi) is 6.80. The van der Waals surface area contributed by atoms with Gasteiger partial charge in [-0.3, -0.25) is 4.57 Å². The van der Waals surface area contributed by atoms with E-state index in [0.29, 0.717) is 0 Å². The number of nitrogens with one attached hydrogen (secondary N) is 1. The molecule has 3 N–H and O–H groups in total. The van der Waals surface area contributed by atoms with Crippen LogP contribution in [0.3, 0.4) is 0 Å². The number of hydrogen-bond donors (Lipinski definition) is 3. The van der Waals surface area contributed by atoms with Gasteiger partial charge in [-0.2, -0.15) is 0 Å². The number of nitrogens with zero attached hydrogens (tertiary/aromatic N) is 1. The van der Waals surface area contributed by atoms with Gasteiger partial charge in [0.05, 0.1) is 0 Å². The molecule has 0 spiro atoms. The van der Waals surface area contributed by atoms with Crippen LogP contribution in [-0.2, 0) is 4.57 Å². The van der Waals surface area contributed by atoms with E-state index in [1.807, 2.05) is 0 Å². The van der Waals surface area contributed by atoms with Gasteiger partial charge in [0.25, 0.3) is 0 Å². The second-order valence-electron chi connectivity index (χ2n) is 2.34. The zero-order valence-corrected chi connectivity index (χ0v) is 7.58. The molecule has 1 aliphatic heterocycles. The van der Waals surface area contributed by atoms with E-state index in [1.54, 1.807) is 0 Å². The monoisotopic (exact) mass is 182 g/mol. The molecule has 1 aliphatic rings. The van der Waals surface area contributed by atoms with Gasteiger partial charge in [-0.15, -0.1) is 0 Å². The third-order valence-electron chi connectivity index (χ3n) is 1.34. The zero-order chi connectivity index (χ0) is 8.69. The van der Waals surface area contributed by atoms with Crippen molar-refractivity contribution in [2.75, 3.05) is 33.2 Å². The number of rotatable bonds is 0. The standard InChI is InChI=1S/C5H12N2.H3O3P/c1-7-4-2-6-3-5-7;1-4(2)3/h6H,2-5H2,1H3;4H,(H2,1,2,3). The number of hydrogen-bond acceptors (Lipinski definition) is 3. The minimum Gasteiger partial charge on any atom is -0.326 e. The Bertz CT molecular complexity index is 112.